The summed E-state index contributed by atoms with van der Waals surface area (Å²) in [5.41, 5.74) is 0.928. The van der Waals surface area contributed by atoms with Gasteiger partial charge >= 0.3 is 5.69 Å². The van der Waals surface area contributed by atoms with Gasteiger partial charge in [-0.2, -0.15) is 0 Å². The first kappa shape index (κ1) is 20.2. The molecule has 3 aromatic heterocycles. The van der Waals surface area contributed by atoms with Crippen LogP contribution in [-0.4, -0.2) is 29.6 Å². The largest absolute Gasteiger partial charge is 0.332 e. The fourth-order valence-electron chi connectivity index (χ4n) is 3.48. The minimum Gasteiger partial charge on any atom is -0.325 e. The number of carbonyl (C=O) groups excluding carboxylic acids is 1. The molecule has 0 unspecified atom stereocenters. The van der Waals surface area contributed by atoms with Gasteiger partial charge in [0.05, 0.1) is 34.5 Å². The Labute approximate surface area is 175 Å². The molecule has 158 valence electrons. The number of aromatic nitrogens is 5. The zero-order valence-electron chi connectivity index (χ0n) is 17.2. The van der Waals surface area contributed by atoms with Gasteiger partial charge in [0.25, 0.3) is 11.1 Å². The van der Waals surface area contributed by atoms with Crippen molar-refractivity contribution in [1.82, 2.24) is 23.7 Å². The van der Waals surface area contributed by atoms with Crippen molar-refractivity contribution in [3.05, 3.63) is 73.5 Å². The molecule has 31 heavy (non-hydrogen) atoms. The van der Waals surface area contributed by atoms with E-state index >= 15 is 0 Å². The lowest BCUT2D eigenvalue weighted by Gasteiger charge is -2.10. The SMILES string of the molecule is Cc1cccc2c(=O)n(CCC(=O)Nc3cnc4c(c3)c(=O)n(C)c(=O)n4C)cnc12. The van der Waals surface area contributed by atoms with Gasteiger partial charge in [-0.1, -0.05) is 12.1 Å². The molecule has 0 aliphatic heterocycles. The van der Waals surface area contributed by atoms with Crippen molar-refractivity contribution in [2.75, 3.05) is 5.32 Å². The maximum atomic E-state index is 12.6. The normalized spacial score (nSPS) is 11.2. The van der Waals surface area contributed by atoms with Crippen LogP contribution in [0.4, 0.5) is 5.69 Å². The van der Waals surface area contributed by atoms with Crippen LogP contribution in [0.5, 0.6) is 0 Å². The molecule has 0 fully saturated rings. The number of benzene rings is 1. The molecule has 0 saturated carbocycles. The van der Waals surface area contributed by atoms with E-state index in [9.17, 15) is 19.2 Å². The number of anilines is 1. The van der Waals surface area contributed by atoms with Crippen LogP contribution in [0.15, 0.2) is 51.2 Å². The first-order chi connectivity index (χ1) is 14.8. The third-order valence-corrected chi connectivity index (χ3v) is 5.21. The van der Waals surface area contributed by atoms with E-state index in [4.69, 9.17) is 0 Å². The second kappa shape index (κ2) is 7.63. The lowest BCUT2D eigenvalue weighted by molar-refractivity contribution is -0.116. The van der Waals surface area contributed by atoms with Gasteiger partial charge in [-0.15, -0.1) is 0 Å². The van der Waals surface area contributed by atoms with Crippen molar-refractivity contribution < 1.29 is 4.79 Å². The molecule has 0 radical (unpaired) electrons. The van der Waals surface area contributed by atoms with Crippen molar-refractivity contribution in [3.8, 4) is 0 Å². The summed E-state index contributed by atoms with van der Waals surface area (Å²) in [6, 6.07) is 6.87. The molecular weight excluding hydrogens is 400 g/mol. The summed E-state index contributed by atoms with van der Waals surface area (Å²) in [7, 11) is 2.90. The topological polar surface area (TPSA) is 121 Å². The van der Waals surface area contributed by atoms with Crippen molar-refractivity contribution in [2.24, 2.45) is 14.1 Å². The fraction of sp³-hybridized carbons (Fsp3) is 0.238. The summed E-state index contributed by atoms with van der Waals surface area (Å²) in [5.74, 6) is -0.348. The Hall–Kier alpha value is -4.08. The molecule has 4 aromatic rings. The Morgan fingerprint density at radius 3 is 2.58 bits per heavy atom. The monoisotopic (exact) mass is 420 g/mol. The molecule has 10 heteroatoms. The number of hydrogen-bond donors (Lipinski definition) is 1. The Balaban J connectivity index is 1.54. The zero-order chi connectivity index (χ0) is 22.3. The van der Waals surface area contributed by atoms with Gasteiger partial charge in [0.15, 0.2) is 0 Å². The van der Waals surface area contributed by atoms with E-state index in [0.29, 0.717) is 16.6 Å². The molecule has 4 rings (SSSR count). The zero-order valence-corrected chi connectivity index (χ0v) is 17.2. The third kappa shape index (κ3) is 3.52. The minimum absolute atomic E-state index is 0.0300. The maximum absolute atomic E-state index is 12.6. The predicted molar refractivity (Wildman–Crippen MR) is 116 cm³/mol. The Morgan fingerprint density at radius 1 is 1.03 bits per heavy atom. The molecule has 1 amide bonds. The van der Waals surface area contributed by atoms with E-state index < -0.39 is 11.2 Å². The van der Waals surface area contributed by atoms with Crippen LogP contribution >= 0.6 is 0 Å². The number of carbonyl (C=O) groups is 1. The number of para-hydroxylation sites is 1. The van der Waals surface area contributed by atoms with Crippen LogP contribution in [-0.2, 0) is 25.4 Å². The van der Waals surface area contributed by atoms with E-state index in [2.05, 4.69) is 15.3 Å². The van der Waals surface area contributed by atoms with Crippen LogP contribution in [0, 0.1) is 6.92 Å². The van der Waals surface area contributed by atoms with Gasteiger partial charge in [-0.25, -0.2) is 14.8 Å². The van der Waals surface area contributed by atoms with E-state index in [1.165, 1.54) is 41.8 Å². The highest BCUT2D eigenvalue weighted by molar-refractivity contribution is 5.92. The van der Waals surface area contributed by atoms with Gasteiger partial charge in [0.1, 0.15) is 5.65 Å². The smallest absolute Gasteiger partial charge is 0.325 e. The van der Waals surface area contributed by atoms with E-state index in [1.807, 2.05) is 13.0 Å². The summed E-state index contributed by atoms with van der Waals surface area (Å²) in [6.07, 6.45) is 2.85. The first-order valence-electron chi connectivity index (χ1n) is 9.58. The van der Waals surface area contributed by atoms with E-state index in [1.54, 1.807) is 12.1 Å². The van der Waals surface area contributed by atoms with Crippen LogP contribution < -0.4 is 22.1 Å². The van der Waals surface area contributed by atoms with Gasteiger partial charge in [0, 0.05) is 27.1 Å². The Bertz CT molecular complexity index is 1530. The van der Waals surface area contributed by atoms with Crippen LogP contribution in [0.25, 0.3) is 21.9 Å². The van der Waals surface area contributed by atoms with Crippen molar-refractivity contribution in [1.29, 1.82) is 0 Å². The lowest BCUT2D eigenvalue weighted by Crippen LogP contribution is -2.37. The molecule has 10 nitrogen and oxygen atoms in total. The molecule has 0 atom stereocenters. The van der Waals surface area contributed by atoms with E-state index in [0.717, 1.165) is 10.1 Å². The maximum Gasteiger partial charge on any atom is 0.332 e. The standard InChI is InChI=1S/C21H20N6O4/c1-12-5-4-6-14-17(12)23-11-27(20(14)30)8-7-16(28)24-13-9-15-18(22-10-13)25(2)21(31)26(3)19(15)29/h4-6,9-11H,7-8H2,1-3H3,(H,24,28). The fourth-order valence-corrected chi connectivity index (χ4v) is 3.48. The molecule has 0 bridgehead atoms. The minimum atomic E-state index is -0.495. The number of aryl methyl sites for hydroxylation is 3. The van der Waals surface area contributed by atoms with Gasteiger partial charge in [0.2, 0.25) is 5.91 Å². The summed E-state index contributed by atoms with van der Waals surface area (Å²) < 4.78 is 3.64. The Kier molecular flexibility index (Phi) is 4.97. The molecular formula is C21H20N6O4. The van der Waals surface area contributed by atoms with E-state index in [-0.39, 0.29) is 35.5 Å². The molecule has 1 aromatic carbocycles. The predicted octanol–water partition coefficient (Wildman–Crippen LogP) is 0.679. The second-order valence-electron chi connectivity index (χ2n) is 7.31. The lowest BCUT2D eigenvalue weighted by atomic mass is 10.1. The highest BCUT2D eigenvalue weighted by atomic mass is 16.2. The number of rotatable bonds is 4. The number of fused-ring (bicyclic) bond motifs is 2. The number of nitrogens with zero attached hydrogens (tertiary/aromatic N) is 5. The highest BCUT2D eigenvalue weighted by Gasteiger charge is 2.12. The number of hydrogen-bond acceptors (Lipinski definition) is 6. The van der Waals surface area contributed by atoms with Crippen LogP contribution in [0.2, 0.25) is 0 Å². The quantitative estimate of drug-likeness (QED) is 0.518. The summed E-state index contributed by atoms with van der Waals surface area (Å²) in [4.78, 5) is 57.9. The van der Waals surface area contributed by atoms with Crippen molar-refractivity contribution in [2.45, 2.75) is 19.9 Å². The number of amides is 1. The molecule has 0 spiro atoms. The summed E-state index contributed by atoms with van der Waals surface area (Å²) >= 11 is 0. The molecule has 0 aliphatic carbocycles. The average Bonchev–Trinajstić information content (AvgIpc) is 2.76. The molecule has 3 heterocycles. The van der Waals surface area contributed by atoms with Crippen molar-refractivity contribution in [3.63, 3.8) is 0 Å². The van der Waals surface area contributed by atoms with Crippen LogP contribution in [0.1, 0.15) is 12.0 Å². The van der Waals surface area contributed by atoms with Crippen LogP contribution in [0.3, 0.4) is 0 Å². The third-order valence-electron chi connectivity index (χ3n) is 5.21. The highest BCUT2D eigenvalue weighted by Crippen LogP contribution is 2.13. The Morgan fingerprint density at radius 2 is 1.81 bits per heavy atom. The van der Waals surface area contributed by atoms with Gasteiger partial charge < -0.3 is 5.32 Å². The second-order valence-corrected chi connectivity index (χ2v) is 7.31. The number of pyridine rings is 1. The molecule has 0 saturated heterocycles. The van der Waals surface area contributed by atoms with Crippen molar-refractivity contribution >= 4 is 33.5 Å². The summed E-state index contributed by atoms with van der Waals surface area (Å²) in [5, 5.41) is 3.40. The average molecular weight is 420 g/mol. The molecule has 1 N–H and O–H groups in total. The number of nitrogens with one attached hydrogen (secondary N) is 1. The summed E-state index contributed by atoms with van der Waals surface area (Å²) in [6.45, 7) is 2.04. The first-order valence-corrected chi connectivity index (χ1v) is 9.58. The molecule has 0 aliphatic rings. The van der Waals surface area contributed by atoms with Gasteiger partial charge in [-0.05, 0) is 24.6 Å². The van der Waals surface area contributed by atoms with Gasteiger partial charge in [-0.3, -0.25) is 28.1 Å².